The molecule has 1 aliphatic heterocycles. The van der Waals surface area contributed by atoms with Crippen molar-refractivity contribution in [2.75, 3.05) is 13.2 Å². The van der Waals surface area contributed by atoms with Crippen molar-refractivity contribution in [1.82, 2.24) is 19.9 Å². The van der Waals surface area contributed by atoms with Crippen LogP contribution in [-0.2, 0) is 0 Å². The first-order valence-corrected chi connectivity index (χ1v) is 6.39. The molecule has 0 saturated carbocycles. The summed E-state index contributed by atoms with van der Waals surface area (Å²) in [5.74, 6) is 2.21. The van der Waals surface area contributed by atoms with Crippen LogP contribution in [0.5, 0.6) is 11.5 Å². The van der Waals surface area contributed by atoms with Crippen LogP contribution in [0, 0.1) is 6.92 Å². The molecular weight excluding hydrogens is 256 g/mol. The molecule has 1 aromatic carbocycles. The third kappa shape index (κ3) is 1.69. The van der Waals surface area contributed by atoms with E-state index in [0.29, 0.717) is 24.7 Å². The normalized spacial score (nSPS) is 13.7. The largest absolute Gasteiger partial charge is 0.486 e. The highest BCUT2D eigenvalue weighted by Gasteiger charge is 2.15. The molecule has 0 aliphatic carbocycles. The standard InChI is InChI=1S/C14H12N4O2/c1-8-17-12(13-14(18-8)16-7-15-13)9-2-3-10-11(6-9)20-5-4-19-10/h2-3,6-7H,4-5H2,1H3,(H,15,16,17,18). The maximum Gasteiger partial charge on any atom is 0.181 e. The molecule has 0 spiro atoms. The summed E-state index contributed by atoms with van der Waals surface area (Å²) in [6.45, 7) is 3.01. The smallest absolute Gasteiger partial charge is 0.181 e. The lowest BCUT2D eigenvalue weighted by molar-refractivity contribution is 0.171. The van der Waals surface area contributed by atoms with Crippen molar-refractivity contribution in [2.24, 2.45) is 0 Å². The summed E-state index contributed by atoms with van der Waals surface area (Å²) in [5.41, 5.74) is 3.27. The molecule has 100 valence electrons. The SMILES string of the molecule is Cc1nc(-c2ccc3c(c2)OCCO3)c2[nH]cnc2n1. The van der Waals surface area contributed by atoms with E-state index in [-0.39, 0.29) is 0 Å². The fourth-order valence-electron chi connectivity index (χ4n) is 2.34. The van der Waals surface area contributed by atoms with Crippen LogP contribution in [0.15, 0.2) is 24.5 Å². The molecule has 0 amide bonds. The number of fused-ring (bicyclic) bond motifs is 2. The number of nitrogens with zero attached hydrogens (tertiary/aromatic N) is 3. The number of hydrogen-bond acceptors (Lipinski definition) is 5. The summed E-state index contributed by atoms with van der Waals surface area (Å²) in [6, 6.07) is 5.82. The van der Waals surface area contributed by atoms with Crippen molar-refractivity contribution >= 4 is 11.2 Å². The second-order valence-corrected chi connectivity index (χ2v) is 4.58. The van der Waals surface area contributed by atoms with Crippen molar-refractivity contribution in [2.45, 2.75) is 6.92 Å². The van der Waals surface area contributed by atoms with E-state index < -0.39 is 0 Å². The Morgan fingerprint density at radius 2 is 1.95 bits per heavy atom. The lowest BCUT2D eigenvalue weighted by Crippen LogP contribution is -2.15. The first kappa shape index (κ1) is 11.2. The number of hydrogen-bond donors (Lipinski definition) is 1. The Balaban J connectivity index is 1.92. The topological polar surface area (TPSA) is 72.9 Å². The number of aromatic nitrogens is 4. The highest BCUT2D eigenvalue weighted by molar-refractivity contribution is 5.87. The number of H-pyrrole nitrogens is 1. The Morgan fingerprint density at radius 1 is 1.10 bits per heavy atom. The number of aryl methyl sites for hydroxylation is 1. The Kier molecular flexibility index (Phi) is 2.35. The third-order valence-electron chi connectivity index (χ3n) is 3.21. The maximum atomic E-state index is 5.62. The first-order chi connectivity index (χ1) is 9.81. The molecule has 3 aromatic rings. The molecular formula is C14H12N4O2. The van der Waals surface area contributed by atoms with E-state index >= 15 is 0 Å². The van der Waals surface area contributed by atoms with Crippen molar-refractivity contribution in [3.05, 3.63) is 30.4 Å². The molecule has 6 heteroatoms. The van der Waals surface area contributed by atoms with Gasteiger partial charge in [0, 0.05) is 5.56 Å². The summed E-state index contributed by atoms with van der Waals surface area (Å²) in [4.78, 5) is 16.1. The van der Waals surface area contributed by atoms with Gasteiger partial charge in [0.15, 0.2) is 17.1 Å². The molecule has 3 heterocycles. The highest BCUT2D eigenvalue weighted by atomic mass is 16.6. The van der Waals surface area contributed by atoms with Crippen molar-refractivity contribution in [3.63, 3.8) is 0 Å². The molecule has 1 N–H and O–H groups in total. The number of ether oxygens (including phenoxy) is 2. The third-order valence-corrected chi connectivity index (χ3v) is 3.21. The van der Waals surface area contributed by atoms with E-state index in [2.05, 4.69) is 19.9 Å². The van der Waals surface area contributed by atoms with Crippen LogP contribution in [-0.4, -0.2) is 33.1 Å². The Morgan fingerprint density at radius 3 is 2.85 bits per heavy atom. The fourth-order valence-corrected chi connectivity index (χ4v) is 2.34. The van der Waals surface area contributed by atoms with E-state index in [1.165, 1.54) is 0 Å². The van der Waals surface area contributed by atoms with Gasteiger partial charge in [-0.1, -0.05) is 0 Å². The first-order valence-electron chi connectivity index (χ1n) is 6.39. The summed E-state index contributed by atoms with van der Waals surface area (Å²) in [5, 5.41) is 0. The van der Waals surface area contributed by atoms with Gasteiger partial charge in [-0.25, -0.2) is 15.0 Å². The number of nitrogens with one attached hydrogen (secondary N) is 1. The zero-order valence-electron chi connectivity index (χ0n) is 10.9. The summed E-state index contributed by atoms with van der Waals surface area (Å²) >= 11 is 0. The minimum atomic E-state index is 0.568. The van der Waals surface area contributed by atoms with E-state index in [1.54, 1.807) is 6.33 Å². The van der Waals surface area contributed by atoms with E-state index in [0.717, 1.165) is 28.3 Å². The maximum absolute atomic E-state index is 5.62. The van der Waals surface area contributed by atoms with Crippen LogP contribution in [0.1, 0.15) is 5.82 Å². The Labute approximate surface area is 114 Å². The highest BCUT2D eigenvalue weighted by Crippen LogP contribution is 2.35. The average Bonchev–Trinajstić information content (AvgIpc) is 2.94. The van der Waals surface area contributed by atoms with Gasteiger partial charge in [-0.3, -0.25) is 0 Å². The van der Waals surface area contributed by atoms with E-state index in [9.17, 15) is 0 Å². The predicted octanol–water partition coefficient (Wildman–Crippen LogP) is 2.10. The van der Waals surface area contributed by atoms with Gasteiger partial charge in [-0.15, -0.1) is 0 Å². The molecule has 1 aliphatic rings. The van der Waals surface area contributed by atoms with Crippen LogP contribution in [0.25, 0.3) is 22.4 Å². The van der Waals surface area contributed by atoms with Crippen molar-refractivity contribution in [1.29, 1.82) is 0 Å². The van der Waals surface area contributed by atoms with Gasteiger partial charge in [-0.2, -0.15) is 0 Å². The molecule has 20 heavy (non-hydrogen) atoms. The number of benzene rings is 1. The van der Waals surface area contributed by atoms with Crippen LogP contribution < -0.4 is 9.47 Å². The van der Waals surface area contributed by atoms with Gasteiger partial charge >= 0.3 is 0 Å². The number of rotatable bonds is 1. The van der Waals surface area contributed by atoms with Gasteiger partial charge in [0.05, 0.1) is 12.0 Å². The molecule has 0 bridgehead atoms. The molecule has 0 saturated heterocycles. The molecule has 4 rings (SSSR count). The van der Waals surface area contributed by atoms with Crippen LogP contribution in [0.2, 0.25) is 0 Å². The monoisotopic (exact) mass is 268 g/mol. The molecule has 0 atom stereocenters. The average molecular weight is 268 g/mol. The second-order valence-electron chi connectivity index (χ2n) is 4.58. The number of imidazole rings is 1. The minimum Gasteiger partial charge on any atom is -0.486 e. The van der Waals surface area contributed by atoms with Crippen LogP contribution in [0.3, 0.4) is 0 Å². The van der Waals surface area contributed by atoms with Crippen LogP contribution in [0.4, 0.5) is 0 Å². The van der Waals surface area contributed by atoms with Gasteiger partial charge in [0.2, 0.25) is 0 Å². The molecule has 2 aromatic heterocycles. The Hall–Kier alpha value is -2.63. The summed E-state index contributed by atoms with van der Waals surface area (Å²) in [7, 11) is 0. The van der Waals surface area contributed by atoms with Gasteiger partial charge < -0.3 is 14.5 Å². The predicted molar refractivity (Wildman–Crippen MR) is 72.8 cm³/mol. The lowest BCUT2D eigenvalue weighted by Gasteiger charge is -2.18. The van der Waals surface area contributed by atoms with Gasteiger partial charge in [0.25, 0.3) is 0 Å². The Bertz CT molecular complexity index is 797. The van der Waals surface area contributed by atoms with Crippen molar-refractivity contribution in [3.8, 4) is 22.8 Å². The number of aromatic amines is 1. The fraction of sp³-hybridized carbons (Fsp3) is 0.214. The summed E-state index contributed by atoms with van der Waals surface area (Å²) < 4.78 is 11.1. The molecule has 0 radical (unpaired) electrons. The molecule has 0 unspecified atom stereocenters. The lowest BCUT2D eigenvalue weighted by atomic mass is 10.1. The van der Waals surface area contributed by atoms with Gasteiger partial charge in [-0.05, 0) is 25.1 Å². The van der Waals surface area contributed by atoms with Crippen molar-refractivity contribution < 1.29 is 9.47 Å². The van der Waals surface area contributed by atoms with E-state index in [1.807, 2.05) is 25.1 Å². The quantitative estimate of drug-likeness (QED) is 0.731. The van der Waals surface area contributed by atoms with E-state index in [4.69, 9.17) is 9.47 Å². The zero-order valence-corrected chi connectivity index (χ0v) is 10.9. The van der Waals surface area contributed by atoms with Gasteiger partial charge in [0.1, 0.15) is 24.6 Å². The molecule has 0 fully saturated rings. The second kappa shape index (κ2) is 4.19. The molecule has 6 nitrogen and oxygen atoms in total. The minimum absolute atomic E-state index is 0.568. The zero-order chi connectivity index (χ0) is 13.5. The summed E-state index contributed by atoms with van der Waals surface area (Å²) in [6.07, 6.45) is 1.63. The van der Waals surface area contributed by atoms with Crippen LogP contribution >= 0.6 is 0 Å².